The Hall–Kier alpha value is -2.70. The highest BCUT2D eigenvalue weighted by Crippen LogP contribution is 2.19. The van der Waals surface area contributed by atoms with Gasteiger partial charge in [-0.3, -0.25) is 0 Å². The van der Waals surface area contributed by atoms with Crippen molar-refractivity contribution in [2.75, 3.05) is 18.2 Å². The second-order valence-corrected chi connectivity index (χ2v) is 4.52. The van der Waals surface area contributed by atoms with Crippen LogP contribution in [-0.2, 0) is 11.3 Å². The smallest absolute Gasteiger partial charge is 0.356 e. The van der Waals surface area contributed by atoms with Crippen LogP contribution in [0.4, 0.5) is 11.5 Å². The van der Waals surface area contributed by atoms with Crippen LogP contribution < -0.4 is 11.1 Å². The van der Waals surface area contributed by atoms with E-state index in [0.717, 1.165) is 11.3 Å². The zero-order valence-electron chi connectivity index (χ0n) is 12.2. The largest absolute Gasteiger partial charge is 0.464 e. The molecule has 0 aliphatic carbocycles. The van der Waals surface area contributed by atoms with Gasteiger partial charge in [-0.1, -0.05) is 6.07 Å². The Bertz CT molecular complexity index is 655. The molecular formula is C14H17N5O2. The zero-order valence-corrected chi connectivity index (χ0v) is 12.2. The minimum atomic E-state index is -0.458. The maximum Gasteiger partial charge on any atom is 0.356 e. The summed E-state index contributed by atoms with van der Waals surface area (Å²) in [6.07, 6.45) is 1.61. The fraction of sp³-hybridized carbons (Fsp3) is 0.286. The standard InChI is InChI=1S/C14H17N5O2/c1-8-12(15)13(19-9(2)18-8)17-7-10-4-5-11(16-6-10)14(20)21-3/h4-6H,7,15H2,1-3H3,(H,17,18,19). The van der Waals surface area contributed by atoms with Gasteiger partial charge in [0.1, 0.15) is 11.5 Å². The number of anilines is 2. The summed E-state index contributed by atoms with van der Waals surface area (Å²) >= 11 is 0. The van der Waals surface area contributed by atoms with Crippen LogP contribution in [0.3, 0.4) is 0 Å². The van der Waals surface area contributed by atoms with Crippen LogP contribution in [0.15, 0.2) is 18.3 Å². The molecule has 7 heteroatoms. The molecule has 0 saturated carbocycles. The number of esters is 1. The van der Waals surface area contributed by atoms with Crippen LogP contribution in [0.2, 0.25) is 0 Å². The lowest BCUT2D eigenvalue weighted by molar-refractivity contribution is 0.0594. The highest BCUT2D eigenvalue weighted by Gasteiger charge is 2.08. The Labute approximate surface area is 122 Å². The van der Waals surface area contributed by atoms with Gasteiger partial charge in [0.25, 0.3) is 0 Å². The second kappa shape index (κ2) is 6.17. The molecular weight excluding hydrogens is 270 g/mol. The fourth-order valence-corrected chi connectivity index (χ4v) is 1.80. The molecule has 0 radical (unpaired) electrons. The van der Waals surface area contributed by atoms with E-state index < -0.39 is 5.97 Å². The average molecular weight is 287 g/mol. The van der Waals surface area contributed by atoms with E-state index in [9.17, 15) is 4.79 Å². The molecule has 0 aromatic carbocycles. The van der Waals surface area contributed by atoms with Crippen LogP contribution in [0.25, 0.3) is 0 Å². The molecule has 0 saturated heterocycles. The lowest BCUT2D eigenvalue weighted by Crippen LogP contribution is -2.09. The van der Waals surface area contributed by atoms with E-state index in [4.69, 9.17) is 5.73 Å². The summed E-state index contributed by atoms with van der Waals surface area (Å²) in [6.45, 7) is 4.14. The summed E-state index contributed by atoms with van der Waals surface area (Å²) in [5.41, 5.74) is 8.37. The van der Waals surface area contributed by atoms with Crippen LogP contribution in [0.5, 0.6) is 0 Å². The molecule has 3 N–H and O–H groups in total. The topological polar surface area (TPSA) is 103 Å². The molecule has 0 atom stereocenters. The third-order valence-corrected chi connectivity index (χ3v) is 2.93. The summed E-state index contributed by atoms with van der Waals surface area (Å²) in [7, 11) is 1.32. The molecule has 0 aliphatic rings. The first-order valence-electron chi connectivity index (χ1n) is 6.39. The number of methoxy groups -OCH3 is 1. The van der Waals surface area contributed by atoms with E-state index in [1.807, 2.05) is 13.8 Å². The molecule has 110 valence electrons. The predicted octanol–water partition coefficient (Wildman–Crippen LogP) is 1.47. The highest BCUT2D eigenvalue weighted by molar-refractivity contribution is 5.86. The first kappa shape index (κ1) is 14.7. The molecule has 2 aromatic rings. The predicted molar refractivity (Wildman–Crippen MR) is 78.8 cm³/mol. The van der Waals surface area contributed by atoms with Gasteiger partial charge >= 0.3 is 5.97 Å². The van der Waals surface area contributed by atoms with Crippen molar-refractivity contribution in [2.24, 2.45) is 0 Å². The quantitative estimate of drug-likeness (QED) is 0.821. The summed E-state index contributed by atoms with van der Waals surface area (Å²) in [6, 6.07) is 3.41. The number of hydrogen-bond acceptors (Lipinski definition) is 7. The van der Waals surface area contributed by atoms with Crippen LogP contribution in [-0.4, -0.2) is 28.0 Å². The Morgan fingerprint density at radius 2 is 2.10 bits per heavy atom. The average Bonchev–Trinajstić information content (AvgIpc) is 2.49. The number of ether oxygens (including phenoxy) is 1. The third-order valence-electron chi connectivity index (χ3n) is 2.93. The van der Waals surface area contributed by atoms with E-state index in [1.54, 1.807) is 18.3 Å². The molecule has 0 amide bonds. The number of nitrogens with two attached hydrogens (primary N) is 1. The van der Waals surface area contributed by atoms with Crippen molar-refractivity contribution < 1.29 is 9.53 Å². The zero-order chi connectivity index (χ0) is 15.4. The Morgan fingerprint density at radius 1 is 1.33 bits per heavy atom. The van der Waals surface area contributed by atoms with Gasteiger partial charge in [0.15, 0.2) is 5.82 Å². The summed E-state index contributed by atoms with van der Waals surface area (Å²) in [5.74, 6) is 0.793. The molecule has 0 spiro atoms. The number of carbonyl (C=O) groups is 1. The minimum absolute atomic E-state index is 0.273. The number of aromatic nitrogens is 3. The minimum Gasteiger partial charge on any atom is -0.464 e. The Kier molecular flexibility index (Phi) is 4.32. The molecule has 2 rings (SSSR count). The van der Waals surface area contributed by atoms with Gasteiger partial charge in [0, 0.05) is 12.7 Å². The molecule has 0 fully saturated rings. The Morgan fingerprint density at radius 3 is 2.71 bits per heavy atom. The van der Waals surface area contributed by atoms with Crippen molar-refractivity contribution in [1.82, 2.24) is 15.0 Å². The molecule has 2 heterocycles. The van der Waals surface area contributed by atoms with E-state index in [1.165, 1.54) is 7.11 Å². The SMILES string of the molecule is COC(=O)c1ccc(CNc2nc(C)nc(C)c2N)cn1. The van der Waals surface area contributed by atoms with Crippen molar-refractivity contribution in [3.63, 3.8) is 0 Å². The third kappa shape index (κ3) is 3.44. The van der Waals surface area contributed by atoms with Gasteiger partial charge in [-0.05, 0) is 25.5 Å². The summed E-state index contributed by atoms with van der Waals surface area (Å²) in [4.78, 5) is 23.8. The van der Waals surface area contributed by atoms with Crippen molar-refractivity contribution in [2.45, 2.75) is 20.4 Å². The number of carbonyl (C=O) groups excluding carboxylic acids is 1. The van der Waals surface area contributed by atoms with Crippen molar-refractivity contribution in [3.05, 3.63) is 41.1 Å². The van der Waals surface area contributed by atoms with Crippen molar-refractivity contribution in [1.29, 1.82) is 0 Å². The second-order valence-electron chi connectivity index (χ2n) is 4.52. The van der Waals surface area contributed by atoms with E-state index >= 15 is 0 Å². The van der Waals surface area contributed by atoms with E-state index in [-0.39, 0.29) is 5.69 Å². The normalized spacial score (nSPS) is 10.2. The first-order chi connectivity index (χ1) is 10.0. The number of nitrogens with one attached hydrogen (secondary N) is 1. The van der Waals surface area contributed by atoms with Crippen molar-refractivity contribution >= 4 is 17.5 Å². The van der Waals surface area contributed by atoms with Gasteiger partial charge in [-0.25, -0.2) is 19.7 Å². The number of aryl methyl sites for hydroxylation is 2. The fourth-order valence-electron chi connectivity index (χ4n) is 1.80. The van der Waals surface area contributed by atoms with Crippen molar-refractivity contribution in [3.8, 4) is 0 Å². The van der Waals surface area contributed by atoms with Gasteiger partial charge in [-0.2, -0.15) is 0 Å². The number of nitrogens with zero attached hydrogens (tertiary/aromatic N) is 3. The number of hydrogen-bond donors (Lipinski definition) is 2. The number of nitrogen functional groups attached to an aromatic ring is 1. The molecule has 0 bridgehead atoms. The van der Waals surface area contributed by atoms with Gasteiger partial charge in [0.2, 0.25) is 0 Å². The number of pyridine rings is 1. The monoisotopic (exact) mass is 287 g/mol. The van der Waals surface area contributed by atoms with E-state index in [0.29, 0.717) is 23.9 Å². The lowest BCUT2D eigenvalue weighted by atomic mass is 10.2. The van der Waals surface area contributed by atoms with Crippen LogP contribution in [0.1, 0.15) is 27.6 Å². The van der Waals surface area contributed by atoms with Crippen LogP contribution >= 0.6 is 0 Å². The summed E-state index contributed by atoms with van der Waals surface area (Å²) in [5, 5.41) is 3.14. The molecule has 7 nitrogen and oxygen atoms in total. The Balaban J connectivity index is 2.08. The lowest BCUT2D eigenvalue weighted by Gasteiger charge is -2.10. The van der Waals surface area contributed by atoms with Gasteiger partial charge in [0.05, 0.1) is 18.5 Å². The molecule has 21 heavy (non-hydrogen) atoms. The maximum absolute atomic E-state index is 11.3. The molecule has 2 aromatic heterocycles. The first-order valence-corrected chi connectivity index (χ1v) is 6.39. The maximum atomic E-state index is 11.3. The van der Waals surface area contributed by atoms with Gasteiger partial charge < -0.3 is 15.8 Å². The number of rotatable bonds is 4. The molecule has 0 unspecified atom stereocenters. The highest BCUT2D eigenvalue weighted by atomic mass is 16.5. The van der Waals surface area contributed by atoms with Crippen LogP contribution in [0, 0.1) is 13.8 Å². The van der Waals surface area contributed by atoms with E-state index in [2.05, 4.69) is 25.0 Å². The van der Waals surface area contributed by atoms with Gasteiger partial charge in [-0.15, -0.1) is 0 Å². The summed E-state index contributed by atoms with van der Waals surface area (Å²) < 4.78 is 4.60. The molecule has 0 aliphatic heterocycles.